The van der Waals surface area contributed by atoms with E-state index in [0.717, 1.165) is 8.95 Å². The molecule has 0 aliphatic heterocycles. The largest absolute Gasteiger partial charge is 0.163 e. The number of hydrogen-bond acceptors (Lipinski definition) is 0. The SMILES string of the molecule is CC(C)(C)c1cc(Br)cc(S(C)(c2ccccc2)c2cc(Br)cc(C(C)(C)C)c2)c1. The van der Waals surface area contributed by atoms with Crippen LogP contribution in [-0.2, 0) is 10.8 Å². The molecule has 0 bridgehead atoms. The minimum atomic E-state index is -1.45. The minimum absolute atomic E-state index is 0.0867. The predicted octanol–water partition coefficient (Wildman–Crippen LogP) is 9.72. The maximum Gasteiger partial charge on any atom is 0.0189 e. The van der Waals surface area contributed by atoms with Crippen LogP contribution in [0.4, 0.5) is 0 Å². The summed E-state index contributed by atoms with van der Waals surface area (Å²) in [6.45, 7) is 13.7. The Labute approximate surface area is 201 Å². The quantitative estimate of drug-likeness (QED) is 0.306. The first-order valence-corrected chi connectivity index (χ1v) is 13.9. The summed E-state index contributed by atoms with van der Waals surface area (Å²) in [7, 11) is -1.45. The second-order valence-electron chi connectivity index (χ2n) is 10.1. The van der Waals surface area contributed by atoms with Crippen molar-refractivity contribution in [3.8, 4) is 0 Å². The van der Waals surface area contributed by atoms with Gasteiger partial charge in [-0.3, -0.25) is 0 Å². The van der Waals surface area contributed by atoms with Gasteiger partial charge in [-0.1, -0.05) is 91.6 Å². The Morgan fingerprint density at radius 1 is 0.567 bits per heavy atom. The molecular weight excluding hydrogens is 516 g/mol. The van der Waals surface area contributed by atoms with Crippen molar-refractivity contribution in [3.05, 3.63) is 86.8 Å². The molecule has 3 rings (SSSR count). The molecule has 0 amide bonds. The summed E-state index contributed by atoms with van der Waals surface area (Å²) < 4.78 is 2.29. The van der Waals surface area contributed by atoms with Gasteiger partial charge in [-0.2, -0.15) is 10.0 Å². The Morgan fingerprint density at radius 2 is 0.967 bits per heavy atom. The lowest BCUT2D eigenvalue weighted by Gasteiger charge is -2.39. The highest BCUT2D eigenvalue weighted by Crippen LogP contribution is 2.66. The van der Waals surface area contributed by atoms with Crippen LogP contribution >= 0.6 is 41.9 Å². The average molecular weight is 548 g/mol. The van der Waals surface area contributed by atoms with Crippen molar-refractivity contribution in [1.29, 1.82) is 0 Å². The molecule has 0 N–H and O–H groups in total. The minimum Gasteiger partial charge on any atom is -0.163 e. The lowest BCUT2D eigenvalue weighted by Crippen LogP contribution is -2.14. The molecule has 0 heterocycles. The molecule has 0 aliphatic carbocycles. The van der Waals surface area contributed by atoms with Crippen molar-refractivity contribution < 1.29 is 0 Å². The normalized spacial score (nSPS) is 13.4. The Kier molecular flexibility index (Phi) is 6.68. The molecule has 0 atom stereocenters. The van der Waals surface area contributed by atoms with E-state index < -0.39 is 10.0 Å². The first-order valence-electron chi connectivity index (χ1n) is 10.3. The molecule has 3 aromatic carbocycles. The van der Waals surface area contributed by atoms with E-state index in [1.54, 1.807) is 0 Å². The van der Waals surface area contributed by atoms with Gasteiger partial charge in [0.1, 0.15) is 0 Å². The van der Waals surface area contributed by atoms with Crippen molar-refractivity contribution in [2.24, 2.45) is 0 Å². The smallest absolute Gasteiger partial charge is 0.0189 e. The van der Waals surface area contributed by atoms with Crippen LogP contribution in [0.15, 0.2) is 90.4 Å². The third kappa shape index (κ3) is 4.89. The van der Waals surface area contributed by atoms with Crippen LogP contribution in [0.3, 0.4) is 0 Å². The van der Waals surface area contributed by atoms with Gasteiger partial charge in [0, 0.05) is 8.95 Å². The highest BCUT2D eigenvalue weighted by Gasteiger charge is 2.29. The zero-order valence-corrected chi connectivity index (χ0v) is 23.0. The lowest BCUT2D eigenvalue weighted by molar-refractivity contribution is 0.588. The molecule has 0 saturated carbocycles. The predicted molar refractivity (Wildman–Crippen MR) is 140 cm³/mol. The van der Waals surface area contributed by atoms with E-state index in [2.05, 4.69) is 146 Å². The lowest BCUT2D eigenvalue weighted by atomic mass is 9.87. The van der Waals surface area contributed by atoms with Gasteiger partial charge in [0.05, 0.1) is 0 Å². The van der Waals surface area contributed by atoms with E-state index in [1.807, 2.05) is 0 Å². The van der Waals surface area contributed by atoms with E-state index >= 15 is 0 Å². The van der Waals surface area contributed by atoms with Crippen LogP contribution in [0.1, 0.15) is 52.7 Å². The van der Waals surface area contributed by atoms with Crippen LogP contribution in [-0.4, -0.2) is 6.26 Å². The zero-order chi connectivity index (χ0) is 22.3. The van der Waals surface area contributed by atoms with E-state index in [1.165, 1.54) is 25.8 Å². The molecule has 0 spiro atoms. The molecule has 0 radical (unpaired) electrons. The van der Waals surface area contributed by atoms with Crippen molar-refractivity contribution in [3.63, 3.8) is 0 Å². The fourth-order valence-electron chi connectivity index (χ4n) is 3.56. The highest BCUT2D eigenvalue weighted by atomic mass is 79.9. The van der Waals surface area contributed by atoms with Gasteiger partial charge in [0.15, 0.2) is 0 Å². The van der Waals surface area contributed by atoms with E-state index in [4.69, 9.17) is 0 Å². The average Bonchev–Trinajstić information content (AvgIpc) is 2.65. The molecule has 3 aromatic rings. The van der Waals surface area contributed by atoms with Crippen LogP contribution in [0.5, 0.6) is 0 Å². The molecule has 160 valence electrons. The molecule has 0 fully saturated rings. The molecule has 0 aromatic heterocycles. The number of rotatable bonds is 3. The fourth-order valence-corrected chi connectivity index (χ4v) is 7.82. The summed E-state index contributed by atoms with van der Waals surface area (Å²) >= 11 is 7.62. The van der Waals surface area contributed by atoms with E-state index in [-0.39, 0.29) is 10.8 Å². The summed E-state index contributed by atoms with van der Waals surface area (Å²) in [6, 6.07) is 25.0. The highest BCUT2D eigenvalue weighted by molar-refractivity contribution is 9.10. The molecule has 30 heavy (non-hydrogen) atoms. The van der Waals surface area contributed by atoms with Gasteiger partial charge in [-0.25, -0.2) is 0 Å². The van der Waals surface area contributed by atoms with Crippen LogP contribution in [0, 0.1) is 0 Å². The summed E-state index contributed by atoms with van der Waals surface area (Å²) in [5, 5.41) is 0. The second-order valence-corrected chi connectivity index (χ2v) is 15.2. The summed E-state index contributed by atoms with van der Waals surface area (Å²) in [5.74, 6) is 0. The molecular formula is C27H32Br2S. The second kappa shape index (κ2) is 8.48. The molecule has 0 saturated heterocycles. The Balaban J connectivity index is 2.36. The van der Waals surface area contributed by atoms with Gasteiger partial charge < -0.3 is 0 Å². The summed E-state index contributed by atoms with van der Waals surface area (Å²) in [6.07, 6.45) is 2.44. The molecule has 3 heteroatoms. The number of halogens is 2. The van der Waals surface area contributed by atoms with Crippen molar-refractivity contribution >= 4 is 41.9 Å². The molecule has 0 aliphatic rings. The van der Waals surface area contributed by atoms with E-state index in [9.17, 15) is 0 Å². The first kappa shape index (κ1) is 23.6. The zero-order valence-electron chi connectivity index (χ0n) is 19.0. The third-order valence-electron chi connectivity index (χ3n) is 5.63. The van der Waals surface area contributed by atoms with E-state index in [0.29, 0.717) is 0 Å². The Hall–Kier alpha value is -1.03. The number of hydrogen-bond donors (Lipinski definition) is 0. The molecule has 0 unspecified atom stereocenters. The standard InChI is InChI=1S/C27H32Br2S/c1-26(2,3)19-13-21(28)17-24(15-19)30(7,23-11-9-8-10-12-23)25-16-20(27(4,5)6)14-22(29)18-25/h8-18H,1-7H3. The van der Waals surface area contributed by atoms with Crippen LogP contribution in [0.25, 0.3) is 0 Å². The third-order valence-corrected chi connectivity index (χ3v) is 10.1. The Bertz CT molecular complexity index is 977. The van der Waals surface area contributed by atoms with Gasteiger partial charge in [0.2, 0.25) is 0 Å². The van der Waals surface area contributed by atoms with Gasteiger partial charge in [0.25, 0.3) is 0 Å². The van der Waals surface area contributed by atoms with Gasteiger partial charge >= 0.3 is 0 Å². The topological polar surface area (TPSA) is 0 Å². The fraction of sp³-hybridized carbons (Fsp3) is 0.333. The van der Waals surface area contributed by atoms with Crippen molar-refractivity contribution in [1.82, 2.24) is 0 Å². The maximum absolute atomic E-state index is 3.81. The van der Waals surface area contributed by atoms with Gasteiger partial charge in [-0.15, -0.1) is 0 Å². The molecule has 0 nitrogen and oxygen atoms in total. The number of benzene rings is 3. The summed E-state index contributed by atoms with van der Waals surface area (Å²) in [5.41, 5.74) is 2.88. The van der Waals surface area contributed by atoms with Crippen LogP contribution < -0.4 is 0 Å². The monoisotopic (exact) mass is 546 g/mol. The van der Waals surface area contributed by atoms with Gasteiger partial charge in [-0.05, 0) is 91.4 Å². The maximum atomic E-state index is 3.81. The Morgan fingerprint density at radius 3 is 1.33 bits per heavy atom. The van der Waals surface area contributed by atoms with Crippen LogP contribution in [0.2, 0.25) is 0 Å². The first-order chi connectivity index (χ1) is 13.8. The summed E-state index contributed by atoms with van der Waals surface area (Å²) in [4.78, 5) is 4.14. The van der Waals surface area contributed by atoms with Crippen molar-refractivity contribution in [2.75, 3.05) is 6.26 Å². The van der Waals surface area contributed by atoms with Crippen molar-refractivity contribution in [2.45, 2.75) is 67.1 Å².